The molecule has 3 heterocycles. The highest BCUT2D eigenvalue weighted by Crippen LogP contribution is 2.35. The molecule has 0 saturated heterocycles. The number of hydrogen-bond donors (Lipinski definition) is 0. The van der Waals surface area contributed by atoms with Crippen molar-refractivity contribution in [1.82, 2.24) is 10.1 Å². The van der Waals surface area contributed by atoms with Crippen LogP contribution in [0, 0.1) is 0 Å². The molecule has 0 aliphatic carbocycles. The molecule has 1 aliphatic rings. The minimum atomic E-state index is -0.223. The number of anilines is 1. The van der Waals surface area contributed by atoms with Crippen LogP contribution in [0.25, 0.3) is 6.08 Å². The number of carbonyl (C=O) groups is 1. The van der Waals surface area contributed by atoms with Crippen LogP contribution < -0.4 is 9.64 Å². The Hall–Kier alpha value is -2.62. The normalized spacial score (nSPS) is 15.0. The van der Waals surface area contributed by atoms with Crippen LogP contribution in [-0.2, 0) is 17.0 Å². The Labute approximate surface area is 199 Å². The highest BCUT2D eigenvalue weighted by molar-refractivity contribution is 8.13. The van der Waals surface area contributed by atoms with Crippen molar-refractivity contribution in [3.63, 3.8) is 0 Å². The molecule has 0 saturated carbocycles. The Morgan fingerprint density at radius 3 is 2.94 bits per heavy atom. The topological polar surface area (TPSA) is 80.8 Å². The minimum absolute atomic E-state index is 0.223. The van der Waals surface area contributed by atoms with Crippen LogP contribution in [0.15, 0.2) is 50.9 Å². The number of aliphatic imine (C=N–C) groups is 1. The number of aryl methyl sites for hydroxylation is 1. The quantitative estimate of drug-likeness (QED) is 0.372. The lowest BCUT2D eigenvalue weighted by Gasteiger charge is -2.18. The van der Waals surface area contributed by atoms with Gasteiger partial charge in [0.1, 0.15) is 11.4 Å². The molecule has 0 radical (unpaired) electrons. The summed E-state index contributed by atoms with van der Waals surface area (Å²) in [5, 5.41) is 6.94. The van der Waals surface area contributed by atoms with E-state index in [4.69, 9.17) is 20.9 Å². The van der Waals surface area contributed by atoms with E-state index < -0.39 is 0 Å². The Bertz CT molecular complexity index is 1160. The Morgan fingerprint density at radius 1 is 1.34 bits per heavy atom. The fourth-order valence-corrected chi connectivity index (χ4v) is 4.79. The minimum Gasteiger partial charge on any atom is -0.495 e. The summed E-state index contributed by atoms with van der Waals surface area (Å²) in [6, 6.07) is 9.08. The zero-order chi connectivity index (χ0) is 22.5. The third kappa shape index (κ3) is 5.06. The molecule has 1 aliphatic heterocycles. The van der Waals surface area contributed by atoms with Crippen LogP contribution >= 0.6 is 34.7 Å². The molecule has 32 heavy (non-hydrogen) atoms. The summed E-state index contributed by atoms with van der Waals surface area (Å²) in [4.78, 5) is 24.8. The number of carbonyl (C=O) groups excluding carboxylic acids is 1. The number of amides is 1. The number of unbranched alkanes of at least 4 members (excludes halogenated alkanes) is 1. The van der Waals surface area contributed by atoms with Crippen molar-refractivity contribution in [1.29, 1.82) is 0 Å². The third-order valence-electron chi connectivity index (χ3n) is 4.63. The van der Waals surface area contributed by atoms with E-state index in [9.17, 15) is 4.79 Å². The number of hydrogen-bond acceptors (Lipinski definition) is 8. The third-order valence-corrected chi connectivity index (χ3v) is 6.68. The van der Waals surface area contributed by atoms with E-state index in [2.05, 4.69) is 22.1 Å². The van der Waals surface area contributed by atoms with Crippen LogP contribution in [0.4, 0.5) is 5.69 Å². The molecular weight excluding hydrogens is 468 g/mol. The first-order chi connectivity index (χ1) is 15.6. The number of amidine groups is 1. The summed E-state index contributed by atoms with van der Waals surface area (Å²) >= 11 is 9.23. The van der Waals surface area contributed by atoms with E-state index >= 15 is 0 Å². The maximum atomic E-state index is 13.3. The van der Waals surface area contributed by atoms with Gasteiger partial charge in [0.15, 0.2) is 11.0 Å². The molecule has 0 spiro atoms. The van der Waals surface area contributed by atoms with Crippen molar-refractivity contribution in [3.8, 4) is 5.75 Å². The van der Waals surface area contributed by atoms with E-state index in [1.54, 1.807) is 47.6 Å². The molecule has 0 unspecified atom stereocenters. The molecule has 166 valence electrons. The molecule has 4 rings (SSSR count). The van der Waals surface area contributed by atoms with Gasteiger partial charge in [-0.1, -0.05) is 47.9 Å². The van der Waals surface area contributed by atoms with E-state index in [0.29, 0.717) is 44.8 Å². The van der Waals surface area contributed by atoms with E-state index in [0.717, 1.165) is 24.1 Å². The van der Waals surface area contributed by atoms with Crippen LogP contribution in [0.5, 0.6) is 5.75 Å². The number of methoxy groups -OCH3 is 1. The maximum absolute atomic E-state index is 13.3. The molecule has 0 bridgehead atoms. The van der Waals surface area contributed by atoms with Gasteiger partial charge in [0.2, 0.25) is 5.89 Å². The van der Waals surface area contributed by atoms with Gasteiger partial charge in [-0.15, -0.1) is 11.3 Å². The SMILES string of the molecule is CCCCc1nc(CSC2=N/C(=C/c3cccs3)C(=O)N2c2ccc(OC)c(Cl)c2)no1. The summed E-state index contributed by atoms with van der Waals surface area (Å²) < 4.78 is 10.5. The Kier molecular flexibility index (Phi) is 7.29. The molecule has 1 amide bonds. The first-order valence-corrected chi connectivity index (χ1v) is 12.3. The summed E-state index contributed by atoms with van der Waals surface area (Å²) in [5.41, 5.74) is 0.969. The van der Waals surface area contributed by atoms with Crippen molar-refractivity contribution >= 4 is 57.5 Å². The van der Waals surface area contributed by atoms with Crippen LogP contribution in [0.2, 0.25) is 5.02 Å². The molecule has 0 fully saturated rings. The average molecular weight is 489 g/mol. The van der Waals surface area contributed by atoms with Gasteiger partial charge in [0.05, 0.1) is 23.6 Å². The fourth-order valence-electron chi connectivity index (χ4n) is 3.03. The van der Waals surface area contributed by atoms with Gasteiger partial charge in [-0.05, 0) is 42.1 Å². The maximum Gasteiger partial charge on any atom is 0.283 e. The highest BCUT2D eigenvalue weighted by Gasteiger charge is 2.32. The second kappa shape index (κ2) is 10.3. The van der Waals surface area contributed by atoms with Crippen molar-refractivity contribution in [2.24, 2.45) is 4.99 Å². The van der Waals surface area contributed by atoms with Gasteiger partial charge >= 0.3 is 0 Å². The fraction of sp³-hybridized carbons (Fsp3) is 0.273. The number of ether oxygens (including phenoxy) is 1. The van der Waals surface area contributed by atoms with Crippen molar-refractivity contribution in [3.05, 3.63) is 63.0 Å². The standard InChI is InChI=1S/C22H21ClN4O3S2/c1-3-4-7-20-25-19(26-30-20)13-32-22-24-17(12-15-6-5-10-31-15)21(28)27(22)14-8-9-18(29-2)16(23)11-14/h5-6,8-12H,3-4,7,13H2,1-2H3/b17-12+. The molecule has 7 nitrogen and oxygen atoms in total. The predicted octanol–water partition coefficient (Wildman–Crippen LogP) is 5.81. The Balaban J connectivity index is 1.60. The molecule has 0 atom stereocenters. The number of rotatable bonds is 8. The van der Waals surface area contributed by atoms with Gasteiger partial charge in [-0.25, -0.2) is 4.99 Å². The Morgan fingerprint density at radius 2 is 2.22 bits per heavy atom. The molecule has 0 N–H and O–H groups in total. The average Bonchev–Trinajstić information content (AvgIpc) is 3.53. The van der Waals surface area contributed by atoms with Crippen molar-refractivity contribution in [2.75, 3.05) is 12.0 Å². The van der Waals surface area contributed by atoms with Crippen LogP contribution in [0.1, 0.15) is 36.4 Å². The number of halogens is 1. The summed E-state index contributed by atoms with van der Waals surface area (Å²) in [7, 11) is 1.55. The zero-order valence-corrected chi connectivity index (χ0v) is 20.0. The molecule has 2 aromatic heterocycles. The van der Waals surface area contributed by atoms with Gasteiger partial charge in [0.25, 0.3) is 5.91 Å². The first kappa shape index (κ1) is 22.6. The second-order valence-corrected chi connectivity index (χ2v) is 9.22. The van der Waals surface area contributed by atoms with Crippen molar-refractivity contribution in [2.45, 2.75) is 31.9 Å². The molecular formula is C22H21ClN4O3S2. The predicted molar refractivity (Wildman–Crippen MR) is 129 cm³/mol. The largest absolute Gasteiger partial charge is 0.495 e. The lowest BCUT2D eigenvalue weighted by atomic mass is 10.2. The highest BCUT2D eigenvalue weighted by atomic mass is 35.5. The van der Waals surface area contributed by atoms with Gasteiger partial charge in [-0.2, -0.15) is 4.98 Å². The summed E-state index contributed by atoms with van der Waals surface area (Å²) in [6.45, 7) is 2.11. The number of aromatic nitrogens is 2. The zero-order valence-electron chi connectivity index (χ0n) is 17.6. The van der Waals surface area contributed by atoms with Gasteiger partial charge in [0, 0.05) is 11.3 Å². The van der Waals surface area contributed by atoms with E-state index in [1.165, 1.54) is 11.8 Å². The first-order valence-electron chi connectivity index (χ1n) is 10.0. The molecule has 3 aromatic rings. The smallest absolute Gasteiger partial charge is 0.283 e. The van der Waals surface area contributed by atoms with Crippen LogP contribution in [-0.4, -0.2) is 28.3 Å². The van der Waals surface area contributed by atoms with Crippen LogP contribution in [0.3, 0.4) is 0 Å². The number of thioether (sulfide) groups is 1. The number of benzene rings is 1. The lowest BCUT2D eigenvalue weighted by Crippen LogP contribution is -2.30. The number of nitrogens with zero attached hydrogens (tertiary/aromatic N) is 4. The van der Waals surface area contributed by atoms with Crippen molar-refractivity contribution < 1.29 is 14.1 Å². The number of thiophene rings is 1. The molecule has 1 aromatic carbocycles. The molecule has 10 heteroatoms. The summed E-state index contributed by atoms with van der Waals surface area (Å²) in [5.74, 6) is 1.94. The summed E-state index contributed by atoms with van der Waals surface area (Å²) in [6.07, 6.45) is 4.61. The second-order valence-electron chi connectivity index (χ2n) is 6.90. The van der Waals surface area contributed by atoms with E-state index in [1.807, 2.05) is 17.5 Å². The van der Waals surface area contributed by atoms with E-state index in [-0.39, 0.29) is 5.91 Å². The van der Waals surface area contributed by atoms with Gasteiger partial charge < -0.3 is 9.26 Å². The monoisotopic (exact) mass is 488 g/mol. The van der Waals surface area contributed by atoms with Gasteiger partial charge in [-0.3, -0.25) is 9.69 Å². The lowest BCUT2D eigenvalue weighted by molar-refractivity contribution is -0.113.